The minimum Gasteiger partial charge on any atom is -0.374 e. The number of benzene rings is 1. The van der Waals surface area contributed by atoms with E-state index in [1.165, 1.54) is 4.90 Å². The van der Waals surface area contributed by atoms with Crippen LogP contribution in [-0.2, 0) is 9.59 Å². The van der Waals surface area contributed by atoms with Crippen molar-refractivity contribution in [3.05, 3.63) is 24.3 Å². The Morgan fingerprint density at radius 2 is 1.96 bits per heavy atom. The number of rotatable bonds is 4. The van der Waals surface area contributed by atoms with Gasteiger partial charge in [-0.25, -0.2) is 4.79 Å². The van der Waals surface area contributed by atoms with Gasteiger partial charge in [-0.15, -0.1) is 0 Å². The third-order valence-electron chi connectivity index (χ3n) is 4.13. The van der Waals surface area contributed by atoms with Crippen molar-refractivity contribution in [2.75, 3.05) is 29.9 Å². The van der Waals surface area contributed by atoms with Crippen molar-refractivity contribution in [3.8, 4) is 0 Å². The lowest BCUT2D eigenvalue weighted by molar-refractivity contribution is -0.128. The molecule has 4 amide bonds. The van der Waals surface area contributed by atoms with Crippen LogP contribution in [0.2, 0.25) is 0 Å². The molecule has 1 atom stereocenters. The fourth-order valence-electron chi connectivity index (χ4n) is 2.89. The minimum atomic E-state index is -0.502. The highest BCUT2D eigenvalue weighted by Crippen LogP contribution is 2.23. The van der Waals surface area contributed by atoms with Crippen molar-refractivity contribution >= 4 is 29.2 Å². The summed E-state index contributed by atoms with van der Waals surface area (Å²) in [7, 11) is 0. The number of hydrogen-bond donors (Lipinski definition) is 2. The van der Waals surface area contributed by atoms with Crippen LogP contribution in [0.1, 0.15) is 19.8 Å². The van der Waals surface area contributed by atoms with E-state index in [0.717, 1.165) is 24.3 Å². The average molecular weight is 316 g/mol. The van der Waals surface area contributed by atoms with Crippen molar-refractivity contribution in [3.63, 3.8) is 0 Å². The Kier molecular flexibility index (Phi) is 4.18. The molecule has 2 N–H and O–H groups in total. The number of hydrogen-bond acceptors (Lipinski definition) is 4. The van der Waals surface area contributed by atoms with Crippen LogP contribution < -0.4 is 15.5 Å². The number of urea groups is 1. The lowest BCUT2D eigenvalue weighted by Crippen LogP contribution is -2.43. The highest BCUT2D eigenvalue weighted by atomic mass is 16.2. The Labute approximate surface area is 134 Å². The number of carbonyl (C=O) groups is 3. The maximum absolute atomic E-state index is 12.2. The molecule has 23 heavy (non-hydrogen) atoms. The molecule has 0 radical (unpaired) electrons. The van der Waals surface area contributed by atoms with Crippen LogP contribution in [0, 0.1) is 0 Å². The van der Waals surface area contributed by atoms with E-state index in [-0.39, 0.29) is 17.8 Å². The van der Waals surface area contributed by atoms with Gasteiger partial charge in [0.15, 0.2) is 0 Å². The third-order valence-corrected chi connectivity index (χ3v) is 4.13. The van der Waals surface area contributed by atoms with Gasteiger partial charge in [0, 0.05) is 37.4 Å². The van der Waals surface area contributed by atoms with Gasteiger partial charge in [0.1, 0.15) is 6.04 Å². The van der Waals surface area contributed by atoms with Gasteiger partial charge in [-0.3, -0.25) is 14.5 Å². The summed E-state index contributed by atoms with van der Waals surface area (Å²) in [5.74, 6) is -0.104. The number of amides is 4. The third kappa shape index (κ3) is 3.13. The molecular formula is C16H20N4O3. The summed E-state index contributed by atoms with van der Waals surface area (Å²) in [5, 5.41) is 5.71. The minimum absolute atomic E-state index is 0.148. The zero-order valence-corrected chi connectivity index (χ0v) is 13.0. The van der Waals surface area contributed by atoms with Gasteiger partial charge in [-0.2, -0.15) is 0 Å². The number of imide groups is 1. The van der Waals surface area contributed by atoms with Crippen LogP contribution >= 0.6 is 0 Å². The molecular weight excluding hydrogens is 296 g/mol. The molecule has 7 nitrogen and oxygen atoms in total. The highest BCUT2D eigenvalue weighted by Gasteiger charge is 2.29. The smallest absolute Gasteiger partial charge is 0.324 e. The first-order valence-electron chi connectivity index (χ1n) is 7.82. The molecule has 2 fully saturated rings. The van der Waals surface area contributed by atoms with Crippen LogP contribution in [0.25, 0.3) is 0 Å². The predicted octanol–water partition coefficient (Wildman–Crippen LogP) is 1.17. The zero-order chi connectivity index (χ0) is 16.4. The summed E-state index contributed by atoms with van der Waals surface area (Å²) < 4.78 is 0. The quantitative estimate of drug-likeness (QED) is 0.873. The van der Waals surface area contributed by atoms with Crippen LogP contribution in [0.3, 0.4) is 0 Å². The molecule has 0 unspecified atom stereocenters. The van der Waals surface area contributed by atoms with Gasteiger partial charge < -0.3 is 15.5 Å². The fourth-order valence-corrected chi connectivity index (χ4v) is 2.89. The summed E-state index contributed by atoms with van der Waals surface area (Å²) >= 11 is 0. The lowest BCUT2D eigenvalue weighted by Gasteiger charge is -2.20. The normalized spacial score (nSPS) is 19.0. The van der Waals surface area contributed by atoms with E-state index < -0.39 is 6.04 Å². The lowest BCUT2D eigenvalue weighted by atomic mass is 10.2. The Bertz CT molecular complexity index is 629. The molecule has 2 heterocycles. The zero-order valence-electron chi connectivity index (χ0n) is 13.0. The summed E-state index contributed by atoms with van der Waals surface area (Å²) in [6.07, 6.45) is 1.49. The highest BCUT2D eigenvalue weighted by molar-refractivity contribution is 5.99. The topological polar surface area (TPSA) is 81.8 Å². The molecule has 7 heteroatoms. The Morgan fingerprint density at radius 1 is 1.22 bits per heavy atom. The molecule has 0 saturated carbocycles. The Hall–Kier alpha value is -2.57. The molecule has 0 aliphatic carbocycles. The van der Waals surface area contributed by atoms with Gasteiger partial charge >= 0.3 is 6.03 Å². The molecule has 0 bridgehead atoms. The molecule has 2 aliphatic heterocycles. The molecule has 2 saturated heterocycles. The van der Waals surface area contributed by atoms with Gasteiger partial charge in [0.05, 0.1) is 0 Å². The fraction of sp³-hybridized carbons (Fsp3) is 0.438. The SMILES string of the molecule is C[C@@H](Nc1ccc(N2CCCC2=O)cc1)C(=O)N1CCNC1=O. The molecule has 1 aromatic rings. The van der Waals surface area contributed by atoms with Crippen molar-refractivity contribution in [2.24, 2.45) is 0 Å². The number of carbonyl (C=O) groups excluding carboxylic acids is 3. The molecule has 2 aliphatic rings. The van der Waals surface area contributed by atoms with Crippen LogP contribution in [0.15, 0.2) is 24.3 Å². The van der Waals surface area contributed by atoms with E-state index in [2.05, 4.69) is 10.6 Å². The van der Waals surface area contributed by atoms with Crippen LogP contribution in [0.5, 0.6) is 0 Å². The van der Waals surface area contributed by atoms with E-state index in [0.29, 0.717) is 19.5 Å². The second-order valence-electron chi connectivity index (χ2n) is 5.78. The Morgan fingerprint density at radius 3 is 2.52 bits per heavy atom. The number of anilines is 2. The molecule has 3 rings (SSSR count). The van der Waals surface area contributed by atoms with Gasteiger partial charge in [0.25, 0.3) is 5.91 Å². The number of nitrogens with one attached hydrogen (secondary N) is 2. The largest absolute Gasteiger partial charge is 0.374 e. The molecule has 1 aromatic carbocycles. The second-order valence-corrected chi connectivity index (χ2v) is 5.78. The molecule has 122 valence electrons. The molecule has 0 aromatic heterocycles. The van der Waals surface area contributed by atoms with E-state index in [1.807, 2.05) is 24.3 Å². The van der Waals surface area contributed by atoms with E-state index >= 15 is 0 Å². The maximum atomic E-state index is 12.2. The van der Waals surface area contributed by atoms with Gasteiger partial charge in [-0.1, -0.05) is 0 Å². The summed E-state index contributed by atoms with van der Waals surface area (Å²) in [4.78, 5) is 38.5. The van der Waals surface area contributed by atoms with Gasteiger partial charge in [0.2, 0.25) is 5.91 Å². The first-order chi connectivity index (χ1) is 11.1. The predicted molar refractivity (Wildman–Crippen MR) is 86.2 cm³/mol. The van der Waals surface area contributed by atoms with E-state index in [4.69, 9.17) is 0 Å². The average Bonchev–Trinajstić information content (AvgIpc) is 3.16. The van der Waals surface area contributed by atoms with Gasteiger partial charge in [-0.05, 0) is 37.6 Å². The standard InChI is InChI=1S/C16H20N4O3/c1-11(15(22)20-10-8-17-16(20)23)18-12-4-6-13(7-5-12)19-9-2-3-14(19)21/h4-7,11,18H,2-3,8-10H2,1H3,(H,17,23)/t11-/m1/s1. The van der Waals surface area contributed by atoms with Crippen molar-refractivity contribution in [1.82, 2.24) is 10.2 Å². The van der Waals surface area contributed by atoms with Crippen molar-refractivity contribution in [2.45, 2.75) is 25.8 Å². The van der Waals surface area contributed by atoms with Crippen molar-refractivity contribution < 1.29 is 14.4 Å². The monoisotopic (exact) mass is 316 g/mol. The summed E-state index contributed by atoms with van der Waals surface area (Å²) in [5.41, 5.74) is 1.65. The van der Waals surface area contributed by atoms with Crippen LogP contribution in [-0.4, -0.2) is 48.4 Å². The Balaban J connectivity index is 1.62. The number of nitrogens with zero attached hydrogens (tertiary/aromatic N) is 2. The first-order valence-corrected chi connectivity index (χ1v) is 7.82. The summed E-state index contributed by atoms with van der Waals surface area (Å²) in [6, 6.07) is 6.57. The second kappa shape index (κ2) is 6.28. The van der Waals surface area contributed by atoms with Crippen molar-refractivity contribution in [1.29, 1.82) is 0 Å². The van der Waals surface area contributed by atoms with Crippen LogP contribution in [0.4, 0.5) is 16.2 Å². The summed E-state index contributed by atoms with van der Waals surface area (Å²) in [6.45, 7) is 3.38. The first kappa shape index (κ1) is 15.3. The molecule has 0 spiro atoms. The maximum Gasteiger partial charge on any atom is 0.324 e. The van der Waals surface area contributed by atoms with E-state index in [9.17, 15) is 14.4 Å². The van der Waals surface area contributed by atoms with E-state index in [1.54, 1.807) is 11.8 Å².